The van der Waals surface area contributed by atoms with E-state index in [-0.39, 0.29) is 41.2 Å². The zero-order valence-corrected chi connectivity index (χ0v) is 20.3. The second-order valence-electron chi connectivity index (χ2n) is 8.73. The lowest BCUT2D eigenvalue weighted by molar-refractivity contribution is -0.384. The summed E-state index contributed by atoms with van der Waals surface area (Å²) in [6.07, 6.45) is -0.0325. The molecule has 0 spiro atoms. The summed E-state index contributed by atoms with van der Waals surface area (Å²) in [6, 6.07) is 6.01. The summed E-state index contributed by atoms with van der Waals surface area (Å²) in [4.78, 5) is 29.9. The SMILES string of the molecule is CC(=O)NCCN[C@H]1CC[C@H](CNc2nc(NCc3ccccc3OC(F)(F)F)ncc2[N+](=O)[O-])CC1. The van der Waals surface area contributed by atoms with Crippen LogP contribution in [0.2, 0.25) is 0 Å². The first kappa shape index (κ1) is 27.9. The molecule has 1 amide bonds. The molecular formula is C23H30F3N7O4. The van der Waals surface area contributed by atoms with Gasteiger partial charge in [-0.05, 0) is 37.7 Å². The van der Waals surface area contributed by atoms with Crippen molar-refractivity contribution in [3.05, 3.63) is 46.1 Å². The molecule has 0 atom stereocenters. The summed E-state index contributed by atoms with van der Waals surface area (Å²) in [5.41, 5.74) is -0.0709. The fraction of sp³-hybridized carbons (Fsp3) is 0.522. The number of nitro groups is 1. The van der Waals surface area contributed by atoms with Gasteiger partial charge in [-0.25, -0.2) is 4.98 Å². The minimum Gasteiger partial charge on any atom is -0.405 e. The summed E-state index contributed by atoms with van der Waals surface area (Å²) in [7, 11) is 0. The van der Waals surface area contributed by atoms with Crippen molar-refractivity contribution < 1.29 is 27.6 Å². The highest BCUT2D eigenvalue weighted by atomic mass is 19.4. The number of hydrogen-bond donors (Lipinski definition) is 4. The maximum atomic E-state index is 12.7. The fourth-order valence-corrected chi connectivity index (χ4v) is 4.10. The van der Waals surface area contributed by atoms with Gasteiger partial charge in [-0.15, -0.1) is 13.2 Å². The standard InChI is InChI=1S/C23H30F3N7O4/c1-15(34)27-10-11-28-18-8-6-16(7-9-18)12-29-21-19(33(35)36)14-31-22(32-21)30-13-17-4-2-3-5-20(17)37-23(24,25)26/h2-5,14,16,18,28H,6-13H2,1H3,(H,27,34)(H2,29,30,31,32)/t16-,18-. The molecule has 3 rings (SSSR count). The van der Waals surface area contributed by atoms with Crippen molar-refractivity contribution in [2.45, 2.75) is 51.6 Å². The van der Waals surface area contributed by atoms with Gasteiger partial charge in [0, 0.05) is 44.7 Å². The Bertz CT molecular complexity index is 1060. The first-order chi connectivity index (χ1) is 17.6. The first-order valence-corrected chi connectivity index (χ1v) is 11.9. The van der Waals surface area contributed by atoms with Gasteiger partial charge in [-0.3, -0.25) is 14.9 Å². The van der Waals surface area contributed by atoms with Crippen molar-refractivity contribution in [1.29, 1.82) is 0 Å². The van der Waals surface area contributed by atoms with Crippen LogP contribution in [0, 0.1) is 16.0 Å². The van der Waals surface area contributed by atoms with Crippen LogP contribution < -0.4 is 26.0 Å². The van der Waals surface area contributed by atoms with Gasteiger partial charge in [0.25, 0.3) is 0 Å². The Kier molecular flexibility index (Phi) is 9.83. The van der Waals surface area contributed by atoms with Crippen molar-refractivity contribution in [2.75, 3.05) is 30.3 Å². The molecule has 1 saturated carbocycles. The number of hydrogen-bond acceptors (Lipinski definition) is 9. The Labute approximate surface area is 211 Å². The maximum absolute atomic E-state index is 12.7. The zero-order valence-electron chi connectivity index (χ0n) is 20.3. The quantitative estimate of drug-likeness (QED) is 0.186. The van der Waals surface area contributed by atoms with Gasteiger partial charge in [-0.1, -0.05) is 18.2 Å². The van der Waals surface area contributed by atoms with Crippen LogP contribution in [0.5, 0.6) is 5.75 Å². The molecule has 1 heterocycles. The number of para-hydroxylation sites is 1. The summed E-state index contributed by atoms with van der Waals surface area (Å²) >= 11 is 0. The molecule has 1 aromatic carbocycles. The van der Waals surface area contributed by atoms with Crippen LogP contribution in [-0.4, -0.2) is 52.8 Å². The van der Waals surface area contributed by atoms with E-state index in [0.717, 1.165) is 31.9 Å². The molecule has 2 aromatic rings. The highest BCUT2D eigenvalue weighted by Crippen LogP contribution is 2.29. The number of amides is 1. The van der Waals surface area contributed by atoms with E-state index < -0.39 is 11.3 Å². The average Bonchev–Trinajstić information content (AvgIpc) is 2.84. The smallest absolute Gasteiger partial charge is 0.405 e. The van der Waals surface area contributed by atoms with E-state index in [1.165, 1.54) is 25.1 Å². The highest BCUT2D eigenvalue weighted by molar-refractivity contribution is 5.72. The van der Waals surface area contributed by atoms with Gasteiger partial charge in [0.15, 0.2) is 0 Å². The summed E-state index contributed by atoms with van der Waals surface area (Å²) in [6.45, 7) is 3.15. The van der Waals surface area contributed by atoms with Gasteiger partial charge < -0.3 is 26.0 Å². The number of ether oxygens (including phenoxy) is 1. The molecule has 0 saturated heterocycles. The van der Waals surface area contributed by atoms with Gasteiger partial charge in [-0.2, -0.15) is 4.98 Å². The van der Waals surface area contributed by atoms with E-state index in [9.17, 15) is 28.1 Å². The Morgan fingerprint density at radius 3 is 2.57 bits per heavy atom. The molecule has 1 aliphatic carbocycles. The maximum Gasteiger partial charge on any atom is 0.573 e. The third-order valence-electron chi connectivity index (χ3n) is 5.94. The molecule has 4 N–H and O–H groups in total. The number of alkyl halides is 3. The molecule has 1 aliphatic rings. The molecule has 14 heteroatoms. The molecule has 0 aliphatic heterocycles. The predicted molar refractivity (Wildman–Crippen MR) is 130 cm³/mol. The lowest BCUT2D eigenvalue weighted by Crippen LogP contribution is -2.39. The molecule has 202 valence electrons. The summed E-state index contributed by atoms with van der Waals surface area (Å²) in [5.74, 6) is -0.0531. The predicted octanol–water partition coefficient (Wildman–Crippen LogP) is 3.59. The van der Waals surface area contributed by atoms with Crippen molar-refractivity contribution >= 4 is 23.4 Å². The van der Waals surface area contributed by atoms with Crippen molar-refractivity contribution in [3.8, 4) is 5.75 Å². The molecule has 11 nitrogen and oxygen atoms in total. The monoisotopic (exact) mass is 525 g/mol. The Morgan fingerprint density at radius 1 is 1.16 bits per heavy atom. The third kappa shape index (κ3) is 9.37. The molecule has 37 heavy (non-hydrogen) atoms. The Balaban J connectivity index is 1.54. The summed E-state index contributed by atoms with van der Waals surface area (Å²) < 4.78 is 42.0. The number of nitrogens with zero attached hydrogens (tertiary/aromatic N) is 3. The van der Waals surface area contributed by atoms with E-state index in [2.05, 4.69) is 36.0 Å². The average molecular weight is 526 g/mol. The Morgan fingerprint density at radius 2 is 1.89 bits per heavy atom. The number of halogens is 3. The van der Waals surface area contributed by atoms with Crippen molar-refractivity contribution in [1.82, 2.24) is 20.6 Å². The topological polar surface area (TPSA) is 143 Å². The second kappa shape index (κ2) is 13.0. The number of benzene rings is 1. The van der Waals surface area contributed by atoms with Gasteiger partial charge >= 0.3 is 12.0 Å². The van der Waals surface area contributed by atoms with Crippen LogP contribution in [0.4, 0.5) is 30.6 Å². The largest absolute Gasteiger partial charge is 0.573 e. The summed E-state index contributed by atoms with van der Waals surface area (Å²) in [5, 5.41) is 23.5. The number of carbonyl (C=O) groups excluding carboxylic acids is 1. The van der Waals surface area contributed by atoms with Crippen molar-refractivity contribution in [3.63, 3.8) is 0 Å². The number of rotatable bonds is 12. The lowest BCUT2D eigenvalue weighted by Gasteiger charge is -2.29. The van der Waals surface area contributed by atoms with Crippen LogP contribution in [0.3, 0.4) is 0 Å². The molecule has 0 unspecified atom stereocenters. The van der Waals surface area contributed by atoms with Gasteiger partial charge in [0.2, 0.25) is 17.7 Å². The second-order valence-corrected chi connectivity index (χ2v) is 8.73. The molecule has 1 fully saturated rings. The molecule has 1 aromatic heterocycles. The van der Waals surface area contributed by atoms with E-state index in [0.29, 0.717) is 31.6 Å². The number of aromatic nitrogens is 2. The van der Waals surface area contributed by atoms with Gasteiger partial charge in [0.05, 0.1) is 4.92 Å². The molecule has 0 radical (unpaired) electrons. The van der Waals surface area contributed by atoms with E-state index >= 15 is 0 Å². The third-order valence-corrected chi connectivity index (χ3v) is 5.94. The fourth-order valence-electron chi connectivity index (χ4n) is 4.10. The normalized spacial score (nSPS) is 17.6. The van der Waals surface area contributed by atoms with Crippen LogP contribution in [0.15, 0.2) is 30.5 Å². The first-order valence-electron chi connectivity index (χ1n) is 11.9. The van der Waals surface area contributed by atoms with Gasteiger partial charge in [0.1, 0.15) is 11.9 Å². The van der Waals surface area contributed by atoms with Crippen LogP contribution in [0.1, 0.15) is 38.2 Å². The highest BCUT2D eigenvalue weighted by Gasteiger charge is 2.32. The number of carbonyl (C=O) groups is 1. The van der Waals surface area contributed by atoms with E-state index in [4.69, 9.17) is 0 Å². The van der Waals surface area contributed by atoms with Crippen LogP contribution >= 0.6 is 0 Å². The van der Waals surface area contributed by atoms with Crippen molar-refractivity contribution in [2.24, 2.45) is 5.92 Å². The molecule has 0 bridgehead atoms. The molecular weight excluding hydrogens is 495 g/mol. The minimum atomic E-state index is -4.83. The lowest BCUT2D eigenvalue weighted by atomic mass is 9.86. The number of anilines is 2. The van der Waals surface area contributed by atoms with Crippen LogP contribution in [0.25, 0.3) is 0 Å². The van der Waals surface area contributed by atoms with E-state index in [1.807, 2.05) is 0 Å². The van der Waals surface area contributed by atoms with E-state index in [1.54, 1.807) is 6.07 Å². The Hall–Kier alpha value is -3.68. The van der Waals surface area contributed by atoms with Crippen LogP contribution in [-0.2, 0) is 11.3 Å². The number of nitrogens with one attached hydrogen (secondary N) is 4. The zero-order chi connectivity index (χ0) is 26.8. The minimum absolute atomic E-state index is 0.0296.